The van der Waals surface area contributed by atoms with Gasteiger partial charge in [0.25, 0.3) is 0 Å². The van der Waals surface area contributed by atoms with Gasteiger partial charge in [-0.3, -0.25) is 9.59 Å². The molecule has 2 amide bonds. The third-order valence-corrected chi connectivity index (χ3v) is 2.48. The van der Waals surface area contributed by atoms with Crippen LogP contribution in [0.25, 0.3) is 0 Å². The predicted octanol–water partition coefficient (Wildman–Crippen LogP) is -0.0457. The van der Waals surface area contributed by atoms with Gasteiger partial charge in [-0.15, -0.1) is 0 Å². The van der Waals surface area contributed by atoms with E-state index in [-0.39, 0.29) is 23.8 Å². The van der Waals surface area contributed by atoms with Crippen LogP contribution < -0.4 is 11.1 Å². The molecule has 0 fully saturated rings. The van der Waals surface area contributed by atoms with Crippen molar-refractivity contribution in [3.63, 3.8) is 0 Å². The smallest absolute Gasteiger partial charge is 0.224 e. The highest BCUT2D eigenvalue weighted by atomic mass is 16.2. The molecule has 0 aliphatic rings. The number of nitrogens with two attached hydrogens (primary N) is 1. The Hall–Kier alpha value is -1.10. The molecule has 0 spiro atoms. The van der Waals surface area contributed by atoms with E-state index in [2.05, 4.69) is 5.32 Å². The lowest BCUT2D eigenvalue weighted by molar-refractivity contribution is -0.132. The Labute approximate surface area is 97.4 Å². The summed E-state index contributed by atoms with van der Waals surface area (Å²) in [6.07, 6.45) is 1.12. The Morgan fingerprint density at radius 1 is 1.38 bits per heavy atom. The van der Waals surface area contributed by atoms with Crippen LogP contribution in [0, 0.1) is 5.92 Å². The van der Waals surface area contributed by atoms with E-state index >= 15 is 0 Å². The molecule has 5 nitrogen and oxygen atoms in total. The van der Waals surface area contributed by atoms with Crippen molar-refractivity contribution in [2.45, 2.75) is 32.7 Å². The summed E-state index contributed by atoms with van der Waals surface area (Å²) in [4.78, 5) is 24.5. The van der Waals surface area contributed by atoms with Gasteiger partial charge in [0.1, 0.15) is 0 Å². The number of carbonyl (C=O) groups is 2. The van der Waals surface area contributed by atoms with Crippen molar-refractivity contribution < 1.29 is 9.59 Å². The lowest BCUT2D eigenvalue weighted by Gasteiger charge is -2.21. The molecule has 0 saturated carbocycles. The first kappa shape index (κ1) is 14.9. The summed E-state index contributed by atoms with van der Waals surface area (Å²) < 4.78 is 0. The van der Waals surface area contributed by atoms with Crippen LogP contribution in [-0.2, 0) is 9.59 Å². The molecule has 0 radical (unpaired) electrons. The highest BCUT2D eigenvalue weighted by Gasteiger charge is 2.17. The van der Waals surface area contributed by atoms with Gasteiger partial charge in [-0.05, 0) is 13.3 Å². The van der Waals surface area contributed by atoms with E-state index < -0.39 is 0 Å². The van der Waals surface area contributed by atoms with Crippen molar-refractivity contribution in [2.24, 2.45) is 11.7 Å². The third kappa shape index (κ3) is 5.70. The minimum Gasteiger partial charge on any atom is -0.359 e. The summed E-state index contributed by atoms with van der Waals surface area (Å²) >= 11 is 0. The van der Waals surface area contributed by atoms with Crippen LogP contribution in [0.5, 0.6) is 0 Å². The van der Waals surface area contributed by atoms with Crippen molar-refractivity contribution in [3.05, 3.63) is 0 Å². The van der Waals surface area contributed by atoms with Gasteiger partial charge in [-0.25, -0.2) is 0 Å². The molecule has 0 saturated heterocycles. The van der Waals surface area contributed by atoms with Gasteiger partial charge < -0.3 is 16.0 Å². The summed E-state index contributed by atoms with van der Waals surface area (Å²) in [7, 11) is 3.31. The molecule has 0 aromatic rings. The summed E-state index contributed by atoms with van der Waals surface area (Å²) in [6, 6.07) is 0.0358. The van der Waals surface area contributed by atoms with Crippen LogP contribution in [0.3, 0.4) is 0 Å². The van der Waals surface area contributed by atoms with Gasteiger partial charge in [-0.2, -0.15) is 0 Å². The lowest BCUT2D eigenvalue weighted by atomic mass is 10.1. The number of amides is 2. The molecule has 2 atom stereocenters. The van der Waals surface area contributed by atoms with E-state index in [0.717, 1.165) is 0 Å². The van der Waals surface area contributed by atoms with E-state index in [1.54, 1.807) is 25.9 Å². The second kappa shape index (κ2) is 7.22. The summed E-state index contributed by atoms with van der Waals surface area (Å²) in [5.41, 5.74) is 5.58. The monoisotopic (exact) mass is 229 g/mol. The van der Waals surface area contributed by atoms with Gasteiger partial charge in [0.15, 0.2) is 0 Å². The molecule has 2 unspecified atom stereocenters. The van der Waals surface area contributed by atoms with Crippen LogP contribution >= 0.6 is 0 Å². The van der Waals surface area contributed by atoms with E-state index in [0.29, 0.717) is 19.4 Å². The summed E-state index contributed by atoms with van der Waals surface area (Å²) in [5.74, 6) is -0.200. The minimum atomic E-state index is -0.186. The van der Waals surface area contributed by atoms with Gasteiger partial charge in [0.05, 0.1) is 5.92 Å². The molecule has 0 bridgehead atoms. The molecule has 94 valence electrons. The zero-order chi connectivity index (χ0) is 12.7. The molecule has 0 heterocycles. The Morgan fingerprint density at radius 3 is 2.38 bits per heavy atom. The number of carbonyl (C=O) groups excluding carboxylic acids is 2. The second-order valence-electron chi connectivity index (χ2n) is 4.31. The predicted molar refractivity (Wildman–Crippen MR) is 63.8 cm³/mol. The first-order valence-electron chi connectivity index (χ1n) is 5.59. The number of rotatable bonds is 6. The fraction of sp³-hybridized carbons (Fsp3) is 0.818. The van der Waals surface area contributed by atoms with Gasteiger partial charge in [0, 0.05) is 33.1 Å². The van der Waals surface area contributed by atoms with Crippen LogP contribution in [0.1, 0.15) is 26.7 Å². The maximum Gasteiger partial charge on any atom is 0.224 e. The number of nitrogens with zero attached hydrogens (tertiary/aromatic N) is 1. The Kier molecular flexibility index (Phi) is 6.72. The van der Waals surface area contributed by atoms with Crippen molar-refractivity contribution in [1.82, 2.24) is 10.2 Å². The minimum absolute atomic E-state index is 0.0352. The quantitative estimate of drug-likeness (QED) is 0.671. The molecular weight excluding hydrogens is 206 g/mol. The zero-order valence-electron chi connectivity index (χ0n) is 10.6. The van der Waals surface area contributed by atoms with Crippen LogP contribution in [0.4, 0.5) is 0 Å². The fourth-order valence-electron chi connectivity index (χ4n) is 1.38. The second-order valence-corrected chi connectivity index (χ2v) is 4.31. The highest BCUT2D eigenvalue weighted by molar-refractivity contribution is 5.80. The normalized spacial score (nSPS) is 14.1. The van der Waals surface area contributed by atoms with E-state index in [1.165, 1.54) is 0 Å². The van der Waals surface area contributed by atoms with Crippen molar-refractivity contribution in [1.29, 1.82) is 0 Å². The van der Waals surface area contributed by atoms with E-state index in [9.17, 15) is 9.59 Å². The lowest BCUT2D eigenvalue weighted by Crippen LogP contribution is -2.37. The van der Waals surface area contributed by atoms with Gasteiger partial charge in [0.2, 0.25) is 11.8 Å². The largest absolute Gasteiger partial charge is 0.359 e. The zero-order valence-corrected chi connectivity index (χ0v) is 10.6. The summed E-state index contributed by atoms with van der Waals surface area (Å²) in [6.45, 7) is 4.12. The molecule has 0 aliphatic carbocycles. The van der Waals surface area contributed by atoms with E-state index in [4.69, 9.17) is 5.73 Å². The number of hydrogen-bond acceptors (Lipinski definition) is 3. The number of nitrogens with one attached hydrogen (secondary N) is 1. The Balaban J connectivity index is 4.00. The van der Waals surface area contributed by atoms with Crippen molar-refractivity contribution >= 4 is 11.8 Å². The molecule has 16 heavy (non-hydrogen) atoms. The van der Waals surface area contributed by atoms with Crippen LogP contribution in [0.15, 0.2) is 0 Å². The van der Waals surface area contributed by atoms with E-state index in [1.807, 2.05) is 6.92 Å². The standard InChI is InChI=1S/C11H23N3O2/c1-8(11(16)13-3)7-14(4)10(15)6-5-9(2)12/h8-9H,5-7,12H2,1-4H3,(H,13,16). The highest BCUT2D eigenvalue weighted by Crippen LogP contribution is 2.03. The molecular formula is C11H23N3O2. The summed E-state index contributed by atoms with van der Waals surface area (Å²) in [5, 5.41) is 2.56. The van der Waals surface area contributed by atoms with Crippen LogP contribution in [0.2, 0.25) is 0 Å². The average molecular weight is 229 g/mol. The fourth-order valence-corrected chi connectivity index (χ4v) is 1.38. The molecule has 0 aromatic heterocycles. The van der Waals surface area contributed by atoms with Crippen molar-refractivity contribution in [2.75, 3.05) is 20.6 Å². The maximum absolute atomic E-state index is 11.6. The molecule has 0 aromatic carbocycles. The molecule has 5 heteroatoms. The van der Waals surface area contributed by atoms with Crippen LogP contribution in [-0.4, -0.2) is 43.4 Å². The molecule has 3 N–H and O–H groups in total. The maximum atomic E-state index is 11.6. The van der Waals surface area contributed by atoms with Crippen molar-refractivity contribution in [3.8, 4) is 0 Å². The first-order valence-corrected chi connectivity index (χ1v) is 5.59. The average Bonchev–Trinajstić information content (AvgIpc) is 2.24. The number of hydrogen-bond donors (Lipinski definition) is 2. The topological polar surface area (TPSA) is 75.4 Å². The first-order chi connectivity index (χ1) is 7.38. The molecule has 0 aliphatic heterocycles. The van der Waals surface area contributed by atoms with Gasteiger partial charge in [-0.1, -0.05) is 6.92 Å². The van der Waals surface area contributed by atoms with Gasteiger partial charge >= 0.3 is 0 Å². The third-order valence-electron chi connectivity index (χ3n) is 2.48. The SMILES string of the molecule is CNC(=O)C(C)CN(C)C(=O)CCC(C)N. The molecule has 0 rings (SSSR count). The Bertz CT molecular complexity index is 241. The Morgan fingerprint density at radius 2 is 1.94 bits per heavy atom.